The summed E-state index contributed by atoms with van der Waals surface area (Å²) in [4.78, 5) is 2.35. The predicted molar refractivity (Wildman–Crippen MR) is 287 cm³/mol. The lowest BCUT2D eigenvalue weighted by Crippen LogP contribution is -2.28. The van der Waals surface area contributed by atoms with E-state index in [0.29, 0.717) is 11.5 Å². The Balaban J connectivity index is 0.824. The summed E-state index contributed by atoms with van der Waals surface area (Å²) in [6.07, 6.45) is 8.85. The molecule has 334 valence electrons. The molecule has 3 nitrogen and oxygen atoms in total. The molecule has 0 fully saturated rings. The van der Waals surface area contributed by atoms with Crippen molar-refractivity contribution < 1.29 is 9.47 Å². The minimum absolute atomic E-state index is 0.426. The lowest BCUT2D eigenvalue weighted by atomic mass is 9.67. The Morgan fingerprint density at radius 1 is 0.352 bits per heavy atom. The predicted octanol–water partition coefficient (Wildman–Crippen LogP) is 17.3. The summed E-state index contributed by atoms with van der Waals surface area (Å²) in [5.74, 6) is 2.88. The van der Waals surface area contributed by atoms with Crippen LogP contribution in [-0.4, -0.2) is 0 Å². The highest BCUT2D eigenvalue weighted by molar-refractivity contribution is 5.97. The van der Waals surface area contributed by atoms with Gasteiger partial charge in [-0.2, -0.15) is 0 Å². The van der Waals surface area contributed by atoms with Crippen LogP contribution in [0.15, 0.2) is 254 Å². The topological polar surface area (TPSA) is 21.7 Å². The number of nitrogens with zero attached hydrogens (tertiary/aromatic N) is 1. The van der Waals surface area contributed by atoms with Crippen LogP contribution in [0.3, 0.4) is 0 Å². The number of rotatable bonds is 6. The normalized spacial score (nSPS) is 15.1. The second-order valence-electron chi connectivity index (χ2n) is 19.3. The largest absolute Gasteiger partial charge is 0.449 e. The van der Waals surface area contributed by atoms with Crippen LogP contribution in [-0.2, 0) is 10.8 Å². The molecule has 0 saturated heterocycles. The molecule has 0 saturated carbocycles. The Kier molecular flexibility index (Phi) is 8.62. The van der Waals surface area contributed by atoms with Gasteiger partial charge in [0, 0.05) is 23.0 Å². The lowest BCUT2D eigenvalue weighted by molar-refractivity contribution is 0.355. The molecule has 3 heteroatoms. The summed E-state index contributed by atoms with van der Waals surface area (Å²) >= 11 is 0. The molecule has 15 rings (SSSR count). The molecular formula is C68H45NO2. The fourth-order valence-electron chi connectivity index (χ4n) is 13.0. The van der Waals surface area contributed by atoms with E-state index in [0.717, 1.165) is 52.5 Å². The monoisotopic (exact) mass is 907 g/mol. The third kappa shape index (κ3) is 5.55. The summed E-state index contributed by atoms with van der Waals surface area (Å²) < 4.78 is 14.2. The van der Waals surface area contributed by atoms with Crippen LogP contribution in [0.25, 0.3) is 44.5 Å². The first-order chi connectivity index (χ1) is 35.2. The summed E-state index contributed by atoms with van der Waals surface area (Å²) in [6, 6.07) is 84.5. The molecule has 10 aromatic rings. The van der Waals surface area contributed by atoms with Gasteiger partial charge in [0.1, 0.15) is 0 Å². The average Bonchev–Trinajstić information content (AvgIpc) is 4.04. The number of allylic oxidation sites excluding steroid dienone is 3. The Morgan fingerprint density at radius 2 is 0.873 bits per heavy atom. The van der Waals surface area contributed by atoms with E-state index in [1.807, 2.05) is 0 Å². The van der Waals surface area contributed by atoms with Crippen molar-refractivity contribution in [2.24, 2.45) is 0 Å². The van der Waals surface area contributed by atoms with Gasteiger partial charge in [-0.05, 0) is 139 Å². The second kappa shape index (κ2) is 15.3. The first-order valence-electron chi connectivity index (χ1n) is 24.8. The van der Waals surface area contributed by atoms with Crippen LogP contribution in [0.1, 0.15) is 57.3 Å². The highest BCUT2D eigenvalue weighted by Crippen LogP contribution is 2.67. The molecule has 1 heterocycles. The fourth-order valence-corrected chi connectivity index (χ4v) is 13.0. The van der Waals surface area contributed by atoms with Crippen molar-refractivity contribution in [1.29, 1.82) is 0 Å². The molecule has 0 bridgehead atoms. The molecule has 1 aliphatic heterocycles. The molecule has 71 heavy (non-hydrogen) atoms. The van der Waals surface area contributed by atoms with Crippen LogP contribution in [0, 0.1) is 0 Å². The van der Waals surface area contributed by atoms with E-state index in [9.17, 15) is 0 Å². The Bertz CT molecular complexity index is 3780. The third-order valence-corrected chi connectivity index (χ3v) is 15.8. The molecule has 1 spiro atoms. The van der Waals surface area contributed by atoms with Crippen LogP contribution in [0.5, 0.6) is 23.0 Å². The van der Waals surface area contributed by atoms with E-state index >= 15 is 0 Å². The standard InChI is InChI=1S/C68H45NO2/c1-4-18-46(19-5-1)67(47-20-6-2-7-21-47)57-28-14-13-27-54(57)56-42-45(34-39-61(56)67)44-32-35-49(36-33-44)69(48-22-8-3-9-23-48)50-37-40-62-64(43-50)71-66-63(70-62)41-38-55-53-26-12-17-31-60(53)68(65(55)66)58-29-15-10-24-51(58)52-25-11-16-30-59(52)68/h1-2,4-8,10-43H,3,9H2. The molecular weight excluding hydrogens is 863 g/mol. The average molecular weight is 908 g/mol. The van der Waals surface area contributed by atoms with E-state index in [2.05, 4.69) is 254 Å². The van der Waals surface area contributed by atoms with Crippen LogP contribution >= 0.6 is 0 Å². The van der Waals surface area contributed by atoms with Crippen molar-refractivity contribution >= 4 is 11.4 Å². The number of benzene rings is 10. The molecule has 0 N–H and O–H groups in total. The van der Waals surface area contributed by atoms with Gasteiger partial charge in [0.05, 0.1) is 16.5 Å². The first-order valence-corrected chi connectivity index (χ1v) is 24.8. The van der Waals surface area contributed by atoms with Gasteiger partial charge in [0.15, 0.2) is 23.0 Å². The molecule has 0 aromatic heterocycles. The number of hydrogen-bond acceptors (Lipinski definition) is 3. The molecule has 5 aliphatic rings. The maximum atomic E-state index is 7.30. The highest BCUT2D eigenvalue weighted by Gasteiger charge is 2.54. The van der Waals surface area contributed by atoms with Gasteiger partial charge in [0.2, 0.25) is 0 Å². The van der Waals surface area contributed by atoms with Gasteiger partial charge >= 0.3 is 0 Å². The molecule has 10 aromatic carbocycles. The fraction of sp³-hybridized carbons (Fsp3) is 0.0588. The van der Waals surface area contributed by atoms with E-state index in [4.69, 9.17) is 9.47 Å². The van der Waals surface area contributed by atoms with E-state index < -0.39 is 10.8 Å². The van der Waals surface area contributed by atoms with Gasteiger partial charge in [-0.25, -0.2) is 0 Å². The second-order valence-corrected chi connectivity index (χ2v) is 19.3. The molecule has 0 radical (unpaired) electrons. The molecule has 4 aliphatic carbocycles. The lowest BCUT2D eigenvalue weighted by Gasteiger charge is -2.34. The Hall–Kier alpha value is -8.92. The first kappa shape index (κ1) is 40.0. The molecule has 0 unspecified atom stereocenters. The zero-order valence-corrected chi connectivity index (χ0v) is 38.8. The smallest absolute Gasteiger partial charge is 0.175 e. The Morgan fingerprint density at radius 3 is 1.49 bits per heavy atom. The van der Waals surface area contributed by atoms with Crippen LogP contribution in [0.2, 0.25) is 0 Å². The van der Waals surface area contributed by atoms with Crippen molar-refractivity contribution in [3.63, 3.8) is 0 Å². The highest BCUT2D eigenvalue weighted by atomic mass is 16.6. The van der Waals surface area contributed by atoms with Gasteiger partial charge < -0.3 is 14.4 Å². The third-order valence-electron chi connectivity index (χ3n) is 15.8. The van der Waals surface area contributed by atoms with Crippen molar-refractivity contribution in [2.45, 2.75) is 23.7 Å². The van der Waals surface area contributed by atoms with Crippen LogP contribution in [0.4, 0.5) is 11.4 Å². The minimum Gasteiger partial charge on any atom is -0.449 e. The number of hydrogen-bond donors (Lipinski definition) is 0. The zero-order valence-electron chi connectivity index (χ0n) is 38.8. The van der Waals surface area contributed by atoms with E-state index in [-0.39, 0.29) is 0 Å². The summed E-state index contributed by atoms with van der Waals surface area (Å²) in [7, 11) is 0. The maximum absolute atomic E-state index is 7.30. The summed E-state index contributed by atoms with van der Waals surface area (Å²) in [5.41, 5.74) is 22.1. The van der Waals surface area contributed by atoms with Gasteiger partial charge in [-0.1, -0.05) is 200 Å². The van der Waals surface area contributed by atoms with Crippen LogP contribution < -0.4 is 14.4 Å². The van der Waals surface area contributed by atoms with Crippen molar-refractivity contribution in [3.8, 4) is 67.5 Å². The van der Waals surface area contributed by atoms with Gasteiger partial charge in [-0.15, -0.1) is 0 Å². The minimum atomic E-state index is -0.566. The summed E-state index contributed by atoms with van der Waals surface area (Å²) in [5, 5.41) is 0. The molecule has 0 amide bonds. The van der Waals surface area contributed by atoms with E-state index in [1.165, 1.54) is 77.9 Å². The number of fused-ring (bicyclic) bond motifs is 16. The Labute approximate surface area is 413 Å². The van der Waals surface area contributed by atoms with Gasteiger partial charge in [-0.3, -0.25) is 0 Å². The SMILES string of the molecule is C1=CC(N(c2ccc(-c3ccc4c(c3)-c3ccccc3C4(c3ccccc3)c3ccccc3)cc2)c2ccc3c(c2)Oc2c(ccc4c2C2(c5ccccc5-c5ccccc52)c2ccccc2-4)O3)=CCC1. The van der Waals surface area contributed by atoms with Crippen molar-refractivity contribution in [2.75, 3.05) is 4.90 Å². The molecule has 0 atom stereocenters. The quantitative estimate of drug-likeness (QED) is 0.166. The number of anilines is 2. The van der Waals surface area contributed by atoms with Crippen molar-refractivity contribution in [1.82, 2.24) is 0 Å². The number of ether oxygens (including phenoxy) is 2. The van der Waals surface area contributed by atoms with Gasteiger partial charge in [0.25, 0.3) is 0 Å². The van der Waals surface area contributed by atoms with Crippen molar-refractivity contribution in [3.05, 3.63) is 299 Å². The maximum Gasteiger partial charge on any atom is 0.175 e. The zero-order chi connectivity index (χ0) is 46.7. The summed E-state index contributed by atoms with van der Waals surface area (Å²) in [6.45, 7) is 0. The van der Waals surface area contributed by atoms with E-state index in [1.54, 1.807) is 0 Å².